The second-order valence-electron chi connectivity index (χ2n) is 3.92. The zero-order valence-corrected chi connectivity index (χ0v) is 10.4. The van der Waals surface area contributed by atoms with Crippen molar-refractivity contribution in [2.75, 3.05) is 13.7 Å². The summed E-state index contributed by atoms with van der Waals surface area (Å²) < 4.78 is 23.7. The molecule has 0 radical (unpaired) electrons. The average molecular weight is 242 g/mol. The van der Waals surface area contributed by atoms with Gasteiger partial charge in [0, 0.05) is 18.2 Å². The van der Waals surface area contributed by atoms with Gasteiger partial charge in [-0.3, -0.25) is 0 Å². The van der Waals surface area contributed by atoms with Gasteiger partial charge in [-0.1, -0.05) is 6.92 Å². The molecular formula is C13H19FO3. The van der Waals surface area contributed by atoms with Gasteiger partial charge in [-0.15, -0.1) is 0 Å². The van der Waals surface area contributed by atoms with Crippen LogP contribution in [-0.2, 0) is 4.74 Å². The normalized spacial score (nSPS) is 14.4. The summed E-state index contributed by atoms with van der Waals surface area (Å²) in [4.78, 5) is 0. The van der Waals surface area contributed by atoms with E-state index in [9.17, 15) is 9.50 Å². The zero-order chi connectivity index (χ0) is 12.8. The highest BCUT2D eigenvalue weighted by atomic mass is 19.1. The van der Waals surface area contributed by atoms with Crippen LogP contribution >= 0.6 is 0 Å². The molecule has 0 saturated carbocycles. The van der Waals surface area contributed by atoms with E-state index in [1.165, 1.54) is 19.2 Å². The smallest absolute Gasteiger partial charge is 0.127 e. The molecule has 0 spiro atoms. The Kier molecular flexibility index (Phi) is 5.38. The van der Waals surface area contributed by atoms with Crippen LogP contribution in [0.25, 0.3) is 0 Å². The molecule has 96 valence electrons. The Labute approximate surface area is 101 Å². The minimum absolute atomic E-state index is 0.370. The fraction of sp³-hybridized carbons (Fsp3) is 0.538. The van der Waals surface area contributed by atoms with Gasteiger partial charge < -0.3 is 14.6 Å². The maximum atomic E-state index is 13.1. The van der Waals surface area contributed by atoms with Gasteiger partial charge in [0.05, 0.1) is 13.2 Å². The molecular weight excluding hydrogens is 223 g/mol. The van der Waals surface area contributed by atoms with Crippen LogP contribution in [0, 0.1) is 5.82 Å². The Morgan fingerprint density at radius 1 is 1.41 bits per heavy atom. The quantitative estimate of drug-likeness (QED) is 0.833. The van der Waals surface area contributed by atoms with Crippen molar-refractivity contribution in [2.45, 2.75) is 32.5 Å². The number of ether oxygens (including phenoxy) is 2. The first-order valence-corrected chi connectivity index (χ1v) is 5.73. The second-order valence-corrected chi connectivity index (χ2v) is 3.92. The first-order valence-electron chi connectivity index (χ1n) is 5.73. The van der Waals surface area contributed by atoms with E-state index < -0.39 is 12.2 Å². The zero-order valence-electron chi connectivity index (χ0n) is 10.4. The molecule has 0 heterocycles. The second kappa shape index (κ2) is 6.57. The minimum Gasteiger partial charge on any atom is -0.496 e. The van der Waals surface area contributed by atoms with Crippen molar-refractivity contribution in [3.63, 3.8) is 0 Å². The van der Waals surface area contributed by atoms with Gasteiger partial charge in [0.25, 0.3) is 0 Å². The maximum absolute atomic E-state index is 13.1. The summed E-state index contributed by atoms with van der Waals surface area (Å²) in [5.74, 6) is 0.0254. The summed E-state index contributed by atoms with van der Waals surface area (Å²) >= 11 is 0. The molecule has 2 unspecified atom stereocenters. The lowest BCUT2D eigenvalue weighted by Gasteiger charge is -2.22. The SMILES string of the molecule is CCCOC(c1ccc(F)cc1OC)C(C)O. The van der Waals surface area contributed by atoms with E-state index in [1.807, 2.05) is 6.92 Å². The summed E-state index contributed by atoms with van der Waals surface area (Å²) in [6, 6.07) is 4.21. The van der Waals surface area contributed by atoms with Crippen molar-refractivity contribution in [3.05, 3.63) is 29.6 Å². The largest absolute Gasteiger partial charge is 0.496 e. The Morgan fingerprint density at radius 3 is 2.65 bits per heavy atom. The molecule has 1 N–H and O–H groups in total. The van der Waals surface area contributed by atoms with Gasteiger partial charge in [0.1, 0.15) is 17.7 Å². The average Bonchev–Trinajstić information content (AvgIpc) is 2.30. The maximum Gasteiger partial charge on any atom is 0.127 e. The van der Waals surface area contributed by atoms with Crippen molar-refractivity contribution in [1.29, 1.82) is 0 Å². The summed E-state index contributed by atoms with van der Waals surface area (Å²) in [6.45, 7) is 4.17. The first-order chi connectivity index (χ1) is 8.10. The van der Waals surface area contributed by atoms with E-state index in [-0.39, 0.29) is 5.82 Å². The van der Waals surface area contributed by atoms with E-state index in [4.69, 9.17) is 9.47 Å². The predicted octanol–water partition coefficient (Wildman–Crippen LogP) is 2.68. The van der Waals surface area contributed by atoms with Crippen LogP contribution in [0.5, 0.6) is 5.75 Å². The summed E-state index contributed by atoms with van der Waals surface area (Å²) in [5, 5.41) is 9.71. The molecule has 0 bridgehead atoms. The van der Waals surface area contributed by atoms with Gasteiger partial charge in [0.2, 0.25) is 0 Å². The summed E-state index contributed by atoms with van der Waals surface area (Å²) in [7, 11) is 1.47. The van der Waals surface area contributed by atoms with Crippen LogP contribution in [0.2, 0.25) is 0 Å². The Morgan fingerprint density at radius 2 is 2.12 bits per heavy atom. The number of halogens is 1. The molecule has 2 atom stereocenters. The number of aliphatic hydroxyl groups is 1. The molecule has 1 aromatic rings. The van der Waals surface area contributed by atoms with Crippen molar-refractivity contribution < 1.29 is 19.0 Å². The van der Waals surface area contributed by atoms with E-state index in [0.717, 1.165) is 6.42 Å². The van der Waals surface area contributed by atoms with Gasteiger partial charge in [0.15, 0.2) is 0 Å². The van der Waals surface area contributed by atoms with Crippen molar-refractivity contribution in [3.8, 4) is 5.75 Å². The molecule has 1 aromatic carbocycles. The molecule has 17 heavy (non-hydrogen) atoms. The van der Waals surface area contributed by atoms with Gasteiger partial charge in [-0.2, -0.15) is 0 Å². The van der Waals surface area contributed by atoms with Crippen LogP contribution in [0.3, 0.4) is 0 Å². The molecule has 0 fully saturated rings. The third kappa shape index (κ3) is 3.68. The topological polar surface area (TPSA) is 38.7 Å². The minimum atomic E-state index is -0.680. The standard InChI is InChI=1S/C13H19FO3/c1-4-7-17-13(9(2)15)11-6-5-10(14)8-12(11)16-3/h5-6,8-9,13,15H,4,7H2,1-3H3. The van der Waals surface area contributed by atoms with Crippen molar-refractivity contribution in [1.82, 2.24) is 0 Å². The summed E-state index contributed by atoms with van der Waals surface area (Å²) in [5.41, 5.74) is 0.664. The molecule has 0 aliphatic rings. The highest BCUT2D eigenvalue weighted by molar-refractivity contribution is 5.36. The Bertz CT molecular complexity index is 353. The molecule has 1 rings (SSSR count). The molecule has 0 aromatic heterocycles. The molecule has 0 aliphatic heterocycles. The van der Waals surface area contributed by atoms with Gasteiger partial charge in [-0.25, -0.2) is 4.39 Å². The van der Waals surface area contributed by atoms with Gasteiger partial charge in [-0.05, 0) is 25.5 Å². The predicted molar refractivity (Wildman–Crippen MR) is 63.6 cm³/mol. The number of hydrogen-bond donors (Lipinski definition) is 1. The molecule has 3 nitrogen and oxygen atoms in total. The van der Waals surface area contributed by atoms with Crippen molar-refractivity contribution >= 4 is 0 Å². The molecule has 0 aliphatic carbocycles. The van der Waals surface area contributed by atoms with E-state index >= 15 is 0 Å². The van der Waals surface area contributed by atoms with E-state index in [1.54, 1.807) is 13.0 Å². The van der Waals surface area contributed by atoms with E-state index in [0.29, 0.717) is 17.9 Å². The monoisotopic (exact) mass is 242 g/mol. The third-order valence-corrected chi connectivity index (χ3v) is 2.44. The summed E-state index contributed by atoms with van der Waals surface area (Å²) in [6.07, 6.45) is -0.321. The van der Waals surface area contributed by atoms with Crippen LogP contribution < -0.4 is 4.74 Å². The number of rotatable bonds is 6. The van der Waals surface area contributed by atoms with Gasteiger partial charge >= 0.3 is 0 Å². The third-order valence-electron chi connectivity index (χ3n) is 2.44. The lowest BCUT2D eigenvalue weighted by molar-refractivity contribution is -0.0321. The number of hydrogen-bond acceptors (Lipinski definition) is 3. The molecule has 0 amide bonds. The lowest BCUT2D eigenvalue weighted by Crippen LogP contribution is -2.19. The molecule has 4 heteroatoms. The Balaban J connectivity index is 3.00. The van der Waals surface area contributed by atoms with Crippen molar-refractivity contribution in [2.24, 2.45) is 0 Å². The highest BCUT2D eigenvalue weighted by Gasteiger charge is 2.21. The van der Waals surface area contributed by atoms with Crippen LogP contribution in [0.15, 0.2) is 18.2 Å². The van der Waals surface area contributed by atoms with Crippen LogP contribution in [0.1, 0.15) is 31.9 Å². The number of benzene rings is 1. The number of methoxy groups -OCH3 is 1. The number of aliphatic hydroxyl groups excluding tert-OH is 1. The van der Waals surface area contributed by atoms with Crippen LogP contribution in [0.4, 0.5) is 4.39 Å². The van der Waals surface area contributed by atoms with Crippen LogP contribution in [-0.4, -0.2) is 24.9 Å². The fourth-order valence-corrected chi connectivity index (χ4v) is 1.65. The van der Waals surface area contributed by atoms with E-state index in [2.05, 4.69) is 0 Å². The molecule has 0 saturated heterocycles. The lowest BCUT2D eigenvalue weighted by atomic mass is 10.0. The first kappa shape index (κ1) is 13.9. The Hall–Kier alpha value is -1.13. The fourth-order valence-electron chi connectivity index (χ4n) is 1.65. The highest BCUT2D eigenvalue weighted by Crippen LogP contribution is 2.30.